The average molecular weight is 349 g/mol. The summed E-state index contributed by atoms with van der Waals surface area (Å²) < 4.78 is 32.3. The first kappa shape index (κ1) is 16.2. The second kappa shape index (κ2) is 6.71. The van der Waals surface area contributed by atoms with Crippen LogP contribution >= 0.6 is 22.9 Å². The largest absolute Gasteiger partial charge is 0.495 e. The first-order valence-electron chi connectivity index (χ1n) is 5.82. The summed E-state index contributed by atoms with van der Waals surface area (Å²) in [6.07, 6.45) is 0. The molecule has 2 aromatic rings. The number of halogens is 1. The third kappa shape index (κ3) is 3.72. The molecule has 1 heterocycles. The molecule has 0 aliphatic carbocycles. The summed E-state index contributed by atoms with van der Waals surface area (Å²) >= 11 is 7.27. The van der Waals surface area contributed by atoms with Crippen molar-refractivity contribution < 1.29 is 18.3 Å². The maximum atomic E-state index is 12.4. The number of hydrogen-bond donors (Lipinski definition) is 2. The molecule has 0 spiro atoms. The van der Waals surface area contributed by atoms with E-state index in [0.29, 0.717) is 11.3 Å². The number of nitrogens with one attached hydrogen (secondary N) is 1. The van der Waals surface area contributed by atoms with E-state index in [2.05, 4.69) is 9.71 Å². The second-order valence-corrected chi connectivity index (χ2v) is 6.95. The summed E-state index contributed by atoms with van der Waals surface area (Å²) in [6, 6.07) is 2.74. The van der Waals surface area contributed by atoms with Crippen molar-refractivity contribution in [2.45, 2.75) is 18.0 Å². The topological polar surface area (TPSA) is 88.5 Å². The molecule has 0 amide bonds. The molecule has 2 rings (SSSR count). The van der Waals surface area contributed by atoms with Crippen LogP contribution in [0.4, 0.5) is 0 Å². The first-order valence-corrected chi connectivity index (χ1v) is 8.62. The summed E-state index contributed by atoms with van der Waals surface area (Å²) in [5.74, 6) is 0.0766. The van der Waals surface area contributed by atoms with Gasteiger partial charge in [-0.3, -0.25) is 0 Å². The summed E-state index contributed by atoms with van der Waals surface area (Å²) in [5.41, 5.74) is 2.54. The lowest BCUT2D eigenvalue weighted by atomic mass is 10.2. The Bertz CT molecular complexity index is 717. The van der Waals surface area contributed by atoms with Crippen molar-refractivity contribution in [2.75, 3.05) is 7.11 Å². The van der Waals surface area contributed by atoms with Crippen LogP contribution in [0.15, 0.2) is 27.9 Å². The van der Waals surface area contributed by atoms with Crippen LogP contribution in [0.5, 0.6) is 5.75 Å². The van der Waals surface area contributed by atoms with Gasteiger partial charge in [0.1, 0.15) is 10.6 Å². The van der Waals surface area contributed by atoms with Crippen molar-refractivity contribution in [2.24, 2.45) is 0 Å². The molecule has 0 saturated carbocycles. The molecule has 6 nitrogen and oxygen atoms in total. The third-order valence-corrected chi connectivity index (χ3v) is 4.95. The van der Waals surface area contributed by atoms with E-state index in [1.165, 1.54) is 30.6 Å². The van der Waals surface area contributed by atoms with Crippen molar-refractivity contribution in [3.63, 3.8) is 0 Å². The van der Waals surface area contributed by atoms with Crippen LogP contribution in [-0.2, 0) is 23.2 Å². The molecule has 0 saturated heterocycles. The Morgan fingerprint density at radius 3 is 2.81 bits per heavy atom. The van der Waals surface area contributed by atoms with E-state index in [4.69, 9.17) is 16.3 Å². The fourth-order valence-electron chi connectivity index (χ4n) is 1.74. The highest BCUT2D eigenvalue weighted by Crippen LogP contribution is 2.31. The maximum absolute atomic E-state index is 12.4. The zero-order valence-electron chi connectivity index (χ0n) is 11.0. The summed E-state index contributed by atoms with van der Waals surface area (Å²) in [6.45, 7) is -0.311. The van der Waals surface area contributed by atoms with Crippen LogP contribution in [0, 0.1) is 0 Å². The van der Waals surface area contributed by atoms with Crippen molar-refractivity contribution in [1.82, 2.24) is 9.71 Å². The highest BCUT2D eigenvalue weighted by Gasteiger charge is 2.23. The number of hydrogen-bond acceptors (Lipinski definition) is 6. The number of rotatable bonds is 6. The first-order chi connectivity index (χ1) is 9.97. The van der Waals surface area contributed by atoms with Gasteiger partial charge >= 0.3 is 0 Å². The molecule has 2 N–H and O–H groups in total. The van der Waals surface area contributed by atoms with E-state index in [-0.39, 0.29) is 28.8 Å². The Balaban J connectivity index is 2.36. The minimum absolute atomic E-state index is 0.0654. The van der Waals surface area contributed by atoms with Gasteiger partial charge in [0.25, 0.3) is 0 Å². The number of methoxy groups -OCH3 is 1. The zero-order chi connectivity index (χ0) is 15.5. The number of benzene rings is 1. The maximum Gasteiger partial charge on any atom is 0.244 e. The van der Waals surface area contributed by atoms with Gasteiger partial charge in [-0.15, -0.1) is 11.3 Å². The monoisotopic (exact) mass is 348 g/mol. The number of aliphatic hydroxyl groups excluding tert-OH is 1. The number of ether oxygens (including phenoxy) is 1. The molecule has 0 aliphatic heterocycles. The molecule has 1 aromatic heterocycles. The van der Waals surface area contributed by atoms with Gasteiger partial charge in [-0.25, -0.2) is 18.1 Å². The molecule has 0 unspecified atom stereocenters. The minimum atomic E-state index is -3.84. The van der Waals surface area contributed by atoms with Gasteiger partial charge in [-0.2, -0.15) is 0 Å². The van der Waals surface area contributed by atoms with Crippen LogP contribution in [0.25, 0.3) is 0 Å². The van der Waals surface area contributed by atoms with Crippen LogP contribution in [-0.4, -0.2) is 25.6 Å². The number of sulfonamides is 1. The van der Waals surface area contributed by atoms with Gasteiger partial charge in [0.15, 0.2) is 0 Å². The molecule has 0 aliphatic rings. The molecule has 0 atom stereocenters. The molecular weight excluding hydrogens is 336 g/mol. The van der Waals surface area contributed by atoms with Crippen molar-refractivity contribution in [3.05, 3.63) is 39.3 Å². The van der Waals surface area contributed by atoms with E-state index in [0.717, 1.165) is 0 Å². The summed E-state index contributed by atoms with van der Waals surface area (Å²) in [5, 5.41) is 11.2. The minimum Gasteiger partial charge on any atom is -0.495 e. The van der Waals surface area contributed by atoms with E-state index in [9.17, 15) is 13.5 Å². The molecule has 0 bridgehead atoms. The quantitative estimate of drug-likeness (QED) is 0.830. The predicted molar refractivity (Wildman–Crippen MR) is 80.1 cm³/mol. The van der Waals surface area contributed by atoms with E-state index in [1.807, 2.05) is 0 Å². The van der Waals surface area contributed by atoms with Gasteiger partial charge in [0.05, 0.1) is 31.5 Å². The second-order valence-electron chi connectivity index (χ2n) is 4.06. The van der Waals surface area contributed by atoms with E-state index < -0.39 is 10.0 Å². The fourth-order valence-corrected chi connectivity index (χ4v) is 3.84. The Kier molecular flexibility index (Phi) is 5.17. The molecule has 0 fully saturated rings. The van der Waals surface area contributed by atoms with E-state index in [1.54, 1.807) is 10.9 Å². The Morgan fingerprint density at radius 1 is 1.48 bits per heavy atom. The van der Waals surface area contributed by atoms with Gasteiger partial charge in [-0.05, 0) is 12.1 Å². The van der Waals surface area contributed by atoms with Gasteiger partial charge < -0.3 is 9.84 Å². The van der Waals surface area contributed by atoms with Crippen LogP contribution in [0.2, 0.25) is 5.02 Å². The highest BCUT2D eigenvalue weighted by atomic mass is 35.5. The molecule has 0 radical (unpaired) electrons. The fraction of sp³-hybridized carbons (Fsp3) is 0.250. The van der Waals surface area contributed by atoms with Crippen molar-refractivity contribution >= 4 is 33.0 Å². The number of aromatic nitrogens is 1. The molecular formula is C12H13ClN2O4S2. The SMILES string of the molecule is COc1c(CO)cc(Cl)cc1S(=O)(=O)NCc1cscn1. The van der Waals surface area contributed by atoms with Gasteiger partial charge in [0.2, 0.25) is 10.0 Å². The standard InChI is InChI=1S/C12H13ClN2O4S2/c1-19-12-8(5-16)2-9(13)3-11(12)21(17,18)15-4-10-6-20-7-14-10/h2-3,6-7,15-16H,4-5H2,1H3. The number of aliphatic hydroxyl groups is 1. The number of thiazole rings is 1. The van der Waals surface area contributed by atoms with Gasteiger partial charge in [-0.1, -0.05) is 11.6 Å². The average Bonchev–Trinajstić information content (AvgIpc) is 2.97. The smallest absolute Gasteiger partial charge is 0.244 e. The lowest BCUT2D eigenvalue weighted by Crippen LogP contribution is -2.24. The predicted octanol–water partition coefficient (Wildman–Crippen LogP) is 1.78. The molecule has 114 valence electrons. The van der Waals surface area contributed by atoms with Crippen molar-refractivity contribution in [3.8, 4) is 5.75 Å². The lowest BCUT2D eigenvalue weighted by molar-refractivity contribution is 0.272. The number of nitrogens with zero attached hydrogens (tertiary/aromatic N) is 1. The van der Waals surface area contributed by atoms with Gasteiger partial charge in [0, 0.05) is 16.0 Å². The Hall–Kier alpha value is -1.19. The normalized spacial score (nSPS) is 11.6. The Labute approximate surface area is 131 Å². The van der Waals surface area contributed by atoms with Crippen LogP contribution < -0.4 is 9.46 Å². The summed E-state index contributed by atoms with van der Waals surface area (Å²) in [7, 11) is -2.50. The third-order valence-electron chi connectivity index (χ3n) is 2.69. The molecule has 21 heavy (non-hydrogen) atoms. The van der Waals surface area contributed by atoms with Crippen LogP contribution in [0.3, 0.4) is 0 Å². The van der Waals surface area contributed by atoms with Crippen molar-refractivity contribution in [1.29, 1.82) is 0 Å². The van der Waals surface area contributed by atoms with Crippen LogP contribution in [0.1, 0.15) is 11.3 Å². The zero-order valence-corrected chi connectivity index (χ0v) is 13.4. The molecule has 9 heteroatoms. The van der Waals surface area contributed by atoms with E-state index >= 15 is 0 Å². The highest BCUT2D eigenvalue weighted by molar-refractivity contribution is 7.89. The molecule has 1 aromatic carbocycles. The Morgan fingerprint density at radius 2 is 2.24 bits per heavy atom. The lowest BCUT2D eigenvalue weighted by Gasteiger charge is -2.14. The summed E-state index contributed by atoms with van der Waals surface area (Å²) in [4.78, 5) is 3.89.